The fourth-order valence-electron chi connectivity index (χ4n) is 1.01. The second kappa shape index (κ2) is 6.29. The van der Waals surface area contributed by atoms with Crippen LogP contribution in [0, 0.1) is 33.9 Å². The van der Waals surface area contributed by atoms with E-state index in [0.29, 0.717) is 0 Å². The van der Waals surface area contributed by atoms with Crippen LogP contribution >= 0.6 is 34.8 Å². The van der Waals surface area contributed by atoms with Gasteiger partial charge in [-0.15, -0.1) is 0 Å². The fourth-order valence-corrected chi connectivity index (χ4v) is 1.34. The molecule has 3 heteroatoms. The zero-order valence-corrected chi connectivity index (χ0v) is 9.63. The molecule has 1 aromatic carbocycles. The first-order chi connectivity index (χ1) is 7.30. The summed E-state index contributed by atoms with van der Waals surface area (Å²) in [5, 5.41) is 6.85. The Kier molecular flexibility index (Phi) is 4.97. The molecule has 0 unspecified atom stereocenters. The standard InChI is InChI=1S/C12H3Cl3/c13-4-1-10-7-11(2-5-14)9-12(8-10)3-6-15/h7-9H. The first-order valence-electron chi connectivity index (χ1n) is 3.80. The molecule has 0 saturated carbocycles. The van der Waals surface area contributed by atoms with Crippen LogP contribution in [0.2, 0.25) is 0 Å². The molecule has 0 aromatic heterocycles. The van der Waals surface area contributed by atoms with Gasteiger partial charge in [-0.25, -0.2) is 0 Å². The number of hydrogen-bond acceptors (Lipinski definition) is 0. The summed E-state index contributed by atoms with van der Waals surface area (Å²) in [6, 6.07) is 5.30. The Hall–Kier alpha value is -1.23. The maximum atomic E-state index is 5.31. The topological polar surface area (TPSA) is 0 Å². The lowest BCUT2D eigenvalue weighted by Gasteiger charge is -1.95. The Morgan fingerprint density at radius 3 is 1.07 bits per heavy atom. The quantitative estimate of drug-likeness (QED) is 0.622. The second-order valence-electron chi connectivity index (χ2n) is 2.46. The first-order valence-corrected chi connectivity index (χ1v) is 4.93. The highest BCUT2D eigenvalue weighted by Gasteiger charge is 1.95. The highest BCUT2D eigenvalue weighted by atomic mass is 35.5. The third-order valence-corrected chi connectivity index (χ3v) is 1.79. The zero-order valence-electron chi connectivity index (χ0n) is 7.37. The summed E-state index contributed by atoms with van der Waals surface area (Å²) in [6.07, 6.45) is 0. The SMILES string of the molecule is ClC#Cc1cc(C#CCl)cc(C#CCl)c1. The molecule has 0 amide bonds. The van der Waals surface area contributed by atoms with Gasteiger partial charge in [0.15, 0.2) is 0 Å². The van der Waals surface area contributed by atoms with Gasteiger partial charge in [-0.3, -0.25) is 0 Å². The van der Waals surface area contributed by atoms with Crippen molar-refractivity contribution in [3.63, 3.8) is 0 Å². The fraction of sp³-hybridized carbons (Fsp3) is 0. The van der Waals surface area contributed by atoms with E-state index in [1.807, 2.05) is 0 Å². The largest absolute Gasteiger partial charge is 0.0495 e. The molecular formula is C12H3Cl3. The summed E-state index contributed by atoms with van der Waals surface area (Å²) in [6.45, 7) is 0. The molecule has 0 aliphatic carbocycles. The van der Waals surface area contributed by atoms with E-state index in [1.54, 1.807) is 18.2 Å². The highest BCUT2D eigenvalue weighted by molar-refractivity contribution is 6.31. The predicted octanol–water partition coefficient (Wildman–Crippen LogP) is 3.33. The Balaban J connectivity index is 3.31. The van der Waals surface area contributed by atoms with Crippen LogP contribution in [0.1, 0.15) is 16.7 Å². The molecule has 0 radical (unpaired) electrons. The van der Waals surface area contributed by atoms with E-state index in [-0.39, 0.29) is 0 Å². The molecule has 0 fully saturated rings. The van der Waals surface area contributed by atoms with Crippen LogP contribution in [-0.4, -0.2) is 0 Å². The van der Waals surface area contributed by atoms with Crippen molar-refractivity contribution in [2.75, 3.05) is 0 Å². The molecule has 1 rings (SSSR count). The van der Waals surface area contributed by atoms with E-state index in [9.17, 15) is 0 Å². The van der Waals surface area contributed by atoms with Crippen molar-refractivity contribution >= 4 is 34.8 Å². The Morgan fingerprint density at radius 1 is 0.600 bits per heavy atom. The van der Waals surface area contributed by atoms with Crippen LogP contribution in [0.3, 0.4) is 0 Å². The van der Waals surface area contributed by atoms with Gasteiger partial charge in [0, 0.05) is 32.8 Å². The Bertz CT molecular complexity index is 446. The van der Waals surface area contributed by atoms with Crippen LogP contribution in [0.15, 0.2) is 18.2 Å². The number of benzene rings is 1. The molecular weight excluding hydrogens is 250 g/mol. The summed E-state index contributed by atoms with van der Waals surface area (Å²) >= 11 is 15.9. The molecule has 15 heavy (non-hydrogen) atoms. The lowest BCUT2D eigenvalue weighted by atomic mass is 10.1. The van der Waals surface area contributed by atoms with Crippen molar-refractivity contribution in [3.8, 4) is 33.9 Å². The molecule has 0 aliphatic rings. The zero-order chi connectivity index (χ0) is 11.1. The average molecular weight is 254 g/mol. The van der Waals surface area contributed by atoms with E-state index >= 15 is 0 Å². The molecule has 0 atom stereocenters. The molecule has 0 N–H and O–H groups in total. The summed E-state index contributed by atoms with van der Waals surface area (Å²) in [5.41, 5.74) is 2.16. The molecule has 1 aromatic rings. The van der Waals surface area contributed by atoms with Crippen molar-refractivity contribution in [1.82, 2.24) is 0 Å². The van der Waals surface area contributed by atoms with Crippen LogP contribution in [0.25, 0.3) is 0 Å². The summed E-state index contributed by atoms with van der Waals surface area (Å²) in [5.74, 6) is 8.10. The van der Waals surface area contributed by atoms with Crippen LogP contribution < -0.4 is 0 Å². The Labute approximate surface area is 104 Å². The van der Waals surface area contributed by atoms with Crippen LogP contribution in [0.5, 0.6) is 0 Å². The third-order valence-electron chi connectivity index (χ3n) is 1.51. The second-order valence-corrected chi connectivity index (χ2v) is 3.02. The van der Waals surface area contributed by atoms with E-state index in [4.69, 9.17) is 34.8 Å². The molecule has 72 valence electrons. The van der Waals surface area contributed by atoms with E-state index in [0.717, 1.165) is 16.7 Å². The van der Waals surface area contributed by atoms with Gasteiger partial charge in [-0.1, -0.05) is 0 Å². The smallest absolute Gasteiger partial charge is 0.0282 e. The van der Waals surface area contributed by atoms with Gasteiger partial charge in [0.05, 0.1) is 0 Å². The normalized spacial score (nSPS) is 7.40. The van der Waals surface area contributed by atoms with Gasteiger partial charge in [0.2, 0.25) is 0 Å². The molecule has 0 spiro atoms. The minimum atomic E-state index is 0.719. The van der Waals surface area contributed by atoms with Gasteiger partial charge in [0.25, 0.3) is 0 Å². The van der Waals surface area contributed by atoms with E-state index < -0.39 is 0 Å². The minimum absolute atomic E-state index is 0.719. The number of rotatable bonds is 0. The van der Waals surface area contributed by atoms with Gasteiger partial charge >= 0.3 is 0 Å². The number of hydrogen-bond donors (Lipinski definition) is 0. The third kappa shape index (κ3) is 3.79. The lowest BCUT2D eigenvalue weighted by molar-refractivity contribution is 1.56. The van der Waals surface area contributed by atoms with Gasteiger partial charge in [0.1, 0.15) is 0 Å². The van der Waals surface area contributed by atoms with Gasteiger partial charge < -0.3 is 0 Å². The number of halogens is 3. The first kappa shape index (κ1) is 11.8. The van der Waals surface area contributed by atoms with E-state index in [2.05, 4.69) is 33.9 Å². The van der Waals surface area contributed by atoms with E-state index in [1.165, 1.54) is 0 Å². The van der Waals surface area contributed by atoms with Crippen molar-refractivity contribution < 1.29 is 0 Å². The molecule has 0 heterocycles. The van der Waals surface area contributed by atoms with Crippen molar-refractivity contribution in [1.29, 1.82) is 0 Å². The predicted molar refractivity (Wildman–Crippen MR) is 64.6 cm³/mol. The molecule has 0 nitrogen and oxygen atoms in total. The van der Waals surface area contributed by atoms with Crippen LogP contribution in [0.4, 0.5) is 0 Å². The van der Waals surface area contributed by atoms with Crippen molar-refractivity contribution in [2.24, 2.45) is 0 Å². The van der Waals surface area contributed by atoms with Crippen LogP contribution in [-0.2, 0) is 0 Å². The molecule has 0 aliphatic heterocycles. The molecule has 0 saturated heterocycles. The monoisotopic (exact) mass is 252 g/mol. The summed E-state index contributed by atoms with van der Waals surface area (Å²) in [7, 11) is 0. The highest BCUT2D eigenvalue weighted by Crippen LogP contribution is 2.08. The molecule has 0 bridgehead atoms. The van der Waals surface area contributed by atoms with Gasteiger partial charge in [-0.2, -0.15) is 0 Å². The summed E-state index contributed by atoms with van der Waals surface area (Å²) in [4.78, 5) is 0. The average Bonchev–Trinajstić information content (AvgIpc) is 2.19. The minimum Gasteiger partial charge on any atom is -0.0495 e. The maximum Gasteiger partial charge on any atom is 0.0282 e. The van der Waals surface area contributed by atoms with Gasteiger partial charge in [-0.05, 0) is 70.8 Å². The summed E-state index contributed by atoms with van der Waals surface area (Å²) < 4.78 is 0. The van der Waals surface area contributed by atoms with Crippen molar-refractivity contribution in [2.45, 2.75) is 0 Å². The lowest BCUT2D eigenvalue weighted by Crippen LogP contribution is -1.83. The maximum absolute atomic E-state index is 5.31. The van der Waals surface area contributed by atoms with Crippen molar-refractivity contribution in [3.05, 3.63) is 34.9 Å². The Morgan fingerprint density at radius 2 is 0.867 bits per heavy atom.